The van der Waals surface area contributed by atoms with Gasteiger partial charge in [0.2, 0.25) is 0 Å². The third-order valence-corrected chi connectivity index (χ3v) is 2.81. The smallest absolute Gasteiger partial charge is 0.271 e. The molecule has 2 N–H and O–H groups in total. The predicted molar refractivity (Wildman–Crippen MR) is 75.6 cm³/mol. The molecule has 0 spiro atoms. The van der Waals surface area contributed by atoms with Crippen LogP contribution in [0.2, 0.25) is 0 Å². The molecule has 0 radical (unpaired) electrons. The van der Waals surface area contributed by atoms with Crippen LogP contribution in [0.5, 0.6) is 11.5 Å². The molecule has 1 heterocycles. The average molecular weight is 289 g/mol. The highest BCUT2D eigenvalue weighted by Crippen LogP contribution is 2.27. The topological polar surface area (TPSA) is 93.3 Å². The van der Waals surface area contributed by atoms with Crippen LogP contribution in [0.25, 0.3) is 0 Å². The summed E-state index contributed by atoms with van der Waals surface area (Å²) in [5.41, 5.74) is 0.645. The average Bonchev–Trinajstić information content (AvgIpc) is 2.52. The van der Waals surface area contributed by atoms with Crippen molar-refractivity contribution in [3.63, 3.8) is 0 Å². The van der Waals surface area contributed by atoms with Crippen molar-refractivity contribution in [2.45, 2.75) is 6.54 Å². The second-order valence-electron chi connectivity index (χ2n) is 4.18. The molecule has 110 valence electrons. The Balaban J connectivity index is 2.04. The van der Waals surface area contributed by atoms with Crippen LogP contribution in [0, 0.1) is 0 Å². The highest BCUT2D eigenvalue weighted by molar-refractivity contribution is 5.91. The van der Waals surface area contributed by atoms with E-state index in [9.17, 15) is 9.59 Å². The Kier molecular flexibility index (Phi) is 4.55. The number of benzene rings is 1. The predicted octanol–water partition coefficient (Wildman–Crippen LogP) is 0.717. The summed E-state index contributed by atoms with van der Waals surface area (Å²) in [4.78, 5) is 22.7. The number of rotatable bonds is 5. The van der Waals surface area contributed by atoms with Crippen LogP contribution in [0.4, 0.5) is 0 Å². The minimum atomic E-state index is -0.374. The molecule has 7 heteroatoms. The van der Waals surface area contributed by atoms with Gasteiger partial charge in [-0.25, -0.2) is 5.10 Å². The maximum atomic E-state index is 11.9. The first-order valence-electron chi connectivity index (χ1n) is 6.19. The van der Waals surface area contributed by atoms with E-state index in [4.69, 9.17) is 9.47 Å². The summed E-state index contributed by atoms with van der Waals surface area (Å²) in [6.07, 6.45) is 0. The molecular formula is C14H15N3O4. The van der Waals surface area contributed by atoms with Gasteiger partial charge in [0.25, 0.3) is 11.5 Å². The van der Waals surface area contributed by atoms with E-state index in [1.807, 2.05) is 6.07 Å². The third-order valence-electron chi connectivity index (χ3n) is 2.81. The summed E-state index contributed by atoms with van der Waals surface area (Å²) >= 11 is 0. The van der Waals surface area contributed by atoms with Gasteiger partial charge in [-0.05, 0) is 23.8 Å². The van der Waals surface area contributed by atoms with Crippen LogP contribution < -0.4 is 20.3 Å². The summed E-state index contributed by atoms with van der Waals surface area (Å²) in [5, 5.41) is 8.57. The molecule has 21 heavy (non-hydrogen) atoms. The highest BCUT2D eigenvalue weighted by atomic mass is 16.5. The van der Waals surface area contributed by atoms with E-state index in [0.29, 0.717) is 18.0 Å². The summed E-state index contributed by atoms with van der Waals surface area (Å²) in [6.45, 7) is 0.306. The number of nitrogens with one attached hydrogen (secondary N) is 2. The van der Waals surface area contributed by atoms with Crippen molar-refractivity contribution in [3.8, 4) is 11.5 Å². The van der Waals surface area contributed by atoms with E-state index >= 15 is 0 Å². The van der Waals surface area contributed by atoms with Gasteiger partial charge in [-0.2, -0.15) is 5.10 Å². The molecule has 2 aromatic rings. The number of carbonyl (C=O) groups is 1. The number of amides is 1. The lowest BCUT2D eigenvalue weighted by Crippen LogP contribution is -2.25. The molecule has 0 aliphatic carbocycles. The normalized spacial score (nSPS) is 10.0. The van der Waals surface area contributed by atoms with Crippen molar-refractivity contribution in [3.05, 3.63) is 51.9 Å². The minimum Gasteiger partial charge on any atom is -0.493 e. The van der Waals surface area contributed by atoms with Gasteiger partial charge >= 0.3 is 0 Å². The molecule has 7 nitrogen and oxygen atoms in total. The van der Waals surface area contributed by atoms with Crippen molar-refractivity contribution in [1.29, 1.82) is 0 Å². The Morgan fingerprint density at radius 3 is 2.57 bits per heavy atom. The third kappa shape index (κ3) is 3.59. The second-order valence-corrected chi connectivity index (χ2v) is 4.18. The van der Waals surface area contributed by atoms with Gasteiger partial charge in [0.05, 0.1) is 14.2 Å². The number of methoxy groups -OCH3 is 2. The van der Waals surface area contributed by atoms with E-state index in [2.05, 4.69) is 15.5 Å². The molecular weight excluding hydrogens is 274 g/mol. The maximum absolute atomic E-state index is 11.9. The lowest BCUT2D eigenvalue weighted by molar-refractivity contribution is 0.0944. The molecule has 1 amide bonds. The number of hydrogen-bond acceptors (Lipinski definition) is 5. The lowest BCUT2D eigenvalue weighted by atomic mass is 10.2. The van der Waals surface area contributed by atoms with Crippen LogP contribution in [0.1, 0.15) is 16.1 Å². The largest absolute Gasteiger partial charge is 0.493 e. The molecule has 0 atom stereocenters. The molecule has 0 saturated heterocycles. The number of nitrogens with zero attached hydrogens (tertiary/aromatic N) is 1. The Morgan fingerprint density at radius 1 is 1.19 bits per heavy atom. The van der Waals surface area contributed by atoms with Crippen molar-refractivity contribution in [1.82, 2.24) is 15.5 Å². The number of hydrogen-bond donors (Lipinski definition) is 2. The molecule has 0 aliphatic rings. The number of aromatic nitrogens is 2. The quantitative estimate of drug-likeness (QED) is 0.846. The van der Waals surface area contributed by atoms with Gasteiger partial charge in [-0.3, -0.25) is 9.59 Å². The monoisotopic (exact) mass is 289 g/mol. The minimum absolute atomic E-state index is 0.148. The molecule has 1 aromatic heterocycles. The zero-order valence-electron chi connectivity index (χ0n) is 11.7. The fourth-order valence-corrected chi connectivity index (χ4v) is 1.73. The van der Waals surface area contributed by atoms with Crippen LogP contribution in [-0.2, 0) is 6.54 Å². The van der Waals surface area contributed by atoms with E-state index in [1.165, 1.54) is 12.1 Å². The Morgan fingerprint density at radius 2 is 1.95 bits per heavy atom. The first-order valence-corrected chi connectivity index (χ1v) is 6.19. The first kappa shape index (κ1) is 14.6. The Hall–Kier alpha value is -2.83. The van der Waals surface area contributed by atoms with E-state index in [0.717, 1.165) is 5.56 Å². The van der Waals surface area contributed by atoms with Gasteiger partial charge in [0, 0.05) is 12.6 Å². The summed E-state index contributed by atoms with van der Waals surface area (Å²) in [6, 6.07) is 7.97. The fraction of sp³-hybridized carbons (Fsp3) is 0.214. The van der Waals surface area contributed by atoms with Gasteiger partial charge in [-0.15, -0.1) is 0 Å². The standard InChI is InChI=1S/C14H15N3O4/c1-20-11-5-3-9(7-12(11)21-2)8-15-14(19)10-4-6-13(18)17-16-10/h3-7H,8H2,1-2H3,(H,15,19)(H,17,18). The molecule has 0 saturated carbocycles. The second kappa shape index (κ2) is 6.56. The van der Waals surface area contributed by atoms with Crippen LogP contribution in [0.15, 0.2) is 35.1 Å². The summed E-state index contributed by atoms with van der Waals surface area (Å²) in [5.74, 6) is 0.835. The van der Waals surface area contributed by atoms with Crippen LogP contribution in [0.3, 0.4) is 0 Å². The van der Waals surface area contributed by atoms with Gasteiger partial charge in [0.15, 0.2) is 11.5 Å². The van der Waals surface area contributed by atoms with Gasteiger partial charge in [0.1, 0.15) is 5.69 Å². The number of ether oxygens (including phenoxy) is 2. The zero-order chi connectivity index (χ0) is 15.2. The van der Waals surface area contributed by atoms with Crippen LogP contribution in [-0.4, -0.2) is 30.3 Å². The van der Waals surface area contributed by atoms with Crippen LogP contribution >= 0.6 is 0 Å². The SMILES string of the molecule is COc1ccc(CNC(=O)c2ccc(=O)[nH]n2)cc1OC. The first-order chi connectivity index (χ1) is 10.1. The van der Waals surface area contributed by atoms with Crippen molar-refractivity contribution in [2.24, 2.45) is 0 Å². The van der Waals surface area contributed by atoms with E-state index in [1.54, 1.807) is 26.4 Å². The number of carbonyl (C=O) groups excluding carboxylic acids is 1. The van der Waals surface area contributed by atoms with Crippen molar-refractivity contribution in [2.75, 3.05) is 14.2 Å². The van der Waals surface area contributed by atoms with Crippen molar-refractivity contribution < 1.29 is 14.3 Å². The van der Waals surface area contributed by atoms with Gasteiger partial charge in [-0.1, -0.05) is 6.07 Å². The Labute approximate surface area is 120 Å². The van der Waals surface area contributed by atoms with E-state index < -0.39 is 0 Å². The molecule has 2 rings (SSSR count). The molecule has 0 unspecified atom stereocenters. The van der Waals surface area contributed by atoms with Gasteiger partial charge < -0.3 is 14.8 Å². The number of aromatic amines is 1. The molecule has 0 bridgehead atoms. The summed E-state index contributed by atoms with van der Waals surface area (Å²) < 4.78 is 10.3. The molecule has 0 aliphatic heterocycles. The van der Waals surface area contributed by atoms with Crippen molar-refractivity contribution >= 4 is 5.91 Å². The van der Waals surface area contributed by atoms with E-state index in [-0.39, 0.29) is 17.2 Å². The molecule has 0 fully saturated rings. The Bertz CT molecular complexity index is 676. The maximum Gasteiger partial charge on any atom is 0.271 e. The lowest BCUT2D eigenvalue weighted by Gasteiger charge is -2.10. The molecule has 1 aromatic carbocycles. The number of H-pyrrole nitrogens is 1. The summed E-state index contributed by atoms with van der Waals surface area (Å²) in [7, 11) is 3.10. The zero-order valence-corrected chi connectivity index (χ0v) is 11.7. The fourth-order valence-electron chi connectivity index (χ4n) is 1.73. The highest BCUT2D eigenvalue weighted by Gasteiger charge is 2.08.